The van der Waals surface area contributed by atoms with Gasteiger partial charge in [-0.15, -0.1) is 0 Å². The number of carbonyl (C=O) groups excluding carboxylic acids is 1. The second-order valence-corrected chi connectivity index (χ2v) is 4.91. The molecule has 0 unspecified atom stereocenters. The SMILES string of the molecule is O=C1c2ccc(O)cc2CCN1c1ccccc1Cl. The zero-order valence-electron chi connectivity index (χ0n) is 10.1. The normalized spacial score (nSPS) is 14.4. The lowest BCUT2D eigenvalue weighted by molar-refractivity contribution is 0.0980. The average Bonchev–Trinajstić information content (AvgIpc) is 2.40. The Balaban J connectivity index is 2.03. The highest BCUT2D eigenvalue weighted by Crippen LogP contribution is 2.31. The highest BCUT2D eigenvalue weighted by molar-refractivity contribution is 6.34. The van der Waals surface area contributed by atoms with Crippen molar-refractivity contribution in [3.63, 3.8) is 0 Å². The summed E-state index contributed by atoms with van der Waals surface area (Å²) in [7, 11) is 0. The smallest absolute Gasteiger partial charge is 0.258 e. The molecule has 1 aliphatic rings. The van der Waals surface area contributed by atoms with Crippen LogP contribution < -0.4 is 4.90 Å². The van der Waals surface area contributed by atoms with E-state index in [2.05, 4.69) is 0 Å². The van der Waals surface area contributed by atoms with E-state index < -0.39 is 0 Å². The molecule has 0 spiro atoms. The molecular formula is C15H12ClNO2. The first-order valence-corrected chi connectivity index (χ1v) is 6.43. The molecule has 4 heteroatoms. The molecule has 0 radical (unpaired) electrons. The van der Waals surface area contributed by atoms with Gasteiger partial charge in [0.1, 0.15) is 5.75 Å². The van der Waals surface area contributed by atoms with E-state index in [4.69, 9.17) is 11.6 Å². The van der Waals surface area contributed by atoms with Crippen LogP contribution in [0.1, 0.15) is 15.9 Å². The van der Waals surface area contributed by atoms with E-state index in [1.54, 1.807) is 23.1 Å². The van der Waals surface area contributed by atoms with E-state index in [-0.39, 0.29) is 11.7 Å². The summed E-state index contributed by atoms with van der Waals surface area (Å²) in [6.45, 7) is 0.568. The Morgan fingerprint density at radius 3 is 2.74 bits per heavy atom. The van der Waals surface area contributed by atoms with Gasteiger partial charge in [-0.25, -0.2) is 0 Å². The minimum absolute atomic E-state index is 0.0747. The predicted octanol–water partition coefficient (Wildman–Crippen LogP) is 3.25. The van der Waals surface area contributed by atoms with E-state index in [0.29, 0.717) is 23.6 Å². The van der Waals surface area contributed by atoms with Crippen molar-refractivity contribution in [3.8, 4) is 5.75 Å². The van der Waals surface area contributed by atoms with E-state index in [0.717, 1.165) is 11.3 Å². The Labute approximate surface area is 116 Å². The Bertz CT molecular complexity index is 654. The fraction of sp³-hybridized carbons (Fsp3) is 0.133. The van der Waals surface area contributed by atoms with Gasteiger partial charge in [-0.1, -0.05) is 23.7 Å². The number of halogens is 1. The van der Waals surface area contributed by atoms with Gasteiger partial charge in [-0.3, -0.25) is 4.79 Å². The Morgan fingerprint density at radius 2 is 1.95 bits per heavy atom. The number of carbonyl (C=O) groups is 1. The van der Waals surface area contributed by atoms with Gasteiger partial charge in [-0.05, 0) is 42.3 Å². The number of rotatable bonds is 1. The fourth-order valence-electron chi connectivity index (χ4n) is 2.38. The van der Waals surface area contributed by atoms with Gasteiger partial charge in [0.2, 0.25) is 0 Å². The van der Waals surface area contributed by atoms with Crippen molar-refractivity contribution >= 4 is 23.2 Å². The van der Waals surface area contributed by atoms with Crippen molar-refractivity contribution in [2.24, 2.45) is 0 Å². The van der Waals surface area contributed by atoms with Crippen molar-refractivity contribution in [2.45, 2.75) is 6.42 Å². The maximum absolute atomic E-state index is 12.5. The molecule has 0 saturated heterocycles. The van der Waals surface area contributed by atoms with Gasteiger partial charge < -0.3 is 10.0 Å². The van der Waals surface area contributed by atoms with Gasteiger partial charge in [-0.2, -0.15) is 0 Å². The number of hydrogen-bond acceptors (Lipinski definition) is 2. The first-order chi connectivity index (χ1) is 9.16. The molecule has 96 valence electrons. The van der Waals surface area contributed by atoms with Crippen LogP contribution >= 0.6 is 11.6 Å². The monoisotopic (exact) mass is 273 g/mol. The number of hydrogen-bond donors (Lipinski definition) is 1. The zero-order valence-corrected chi connectivity index (χ0v) is 10.9. The van der Waals surface area contributed by atoms with Crippen LogP contribution in [0.15, 0.2) is 42.5 Å². The number of anilines is 1. The second-order valence-electron chi connectivity index (χ2n) is 4.50. The van der Waals surface area contributed by atoms with Crippen LogP contribution in [0, 0.1) is 0 Å². The van der Waals surface area contributed by atoms with Crippen LogP contribution in [0.3, 0.4) is 0 Å². The number of aromatic hydroxyl groups is 1. The third kappa shape index (κ3) is 2.06. The third-order valence-electron chi connectivity index (χ3n) is 3.31. The molecule has 1 N–H and O–H groups in total. The number of benzene rings is 2. The summed E-state index contributed by atoms with van der Waals surface area (Å²) in [4.78, 5) is 14.1. The van der Waals surface area contributed by atoms with Gasteiger partial charge >= 0.3 is 0 Å². The molecule has 0 saturated carbocycles. The fourth-order valence-corrected chi connectivity index (χ4v) is 2.61. The molecule has 0 fully saturated rings. The largest absolute Gasteiger partial charge is 0.508 e. The molecule has 2 aromatic rings. The topological polar surface area (TPSA) is 40.5 Å². The van der Waals surface area contributed by atoms with E-state index >= 15 is 0 Å². The molecular weight excluding hydrogens is 262 g/mol. The van der Waals surface area contributed by atoms with E-state index in [1.807, 2.05) is 18.2 Å². The van der Waals surface area contributed by atoms with Crippen LogP contribution in [0.25, 0.3) is 0 Å². The average molecular weight is 274 g/mol. The molecule has 1 amide bonds. The third-order valence-corrected chi connectivity index (χ3v) is 3.63. The highest BCUT2D eigenvalue weighted by Gasteiger charge is 2.26. The zero-order chi connectivity index (χ0) is 13.4. The predicted molar refractivity (Wildman–Crippen MR) is 74.9 cm³/mol. The van der Waals surface area contributed by atoms with Crippen LogP contribution in [0.4, 0.5) is 5.69 Å². The van der Waals surface area contributed by atoms with Crippen molar-refractivity contribution < 1.29 is 9.90 Å². The maximum Gasteiger partial charge on any atom is 0.258 e. The lowest BCUT2D eigenvalue weighted by Gasteiger charge is -2.29. The number of phenols is 1. The molecule has 1 aliphatic heterocycles. The first-order valence-electron chi connectivity index (χ1n) is 6.05. The molecule has 1 heterocycles. The summed E-state index contributed by atoms with van der Waals surface area (Å²) >= 11 is 6.14. The molecule has 0 aliphatic carbocycles. The molecule has 19 heavy (non-hydrogen) atoms. The van der Waals surface area contributed by atoms with Gasteiger partial charge in [0.05, 0.1) is 10.7 Å². The maximum atomic E-state index is 12.5. The minimum atomic E-state index is -0.0747. The molecule has 2 aromatic carbocycles. The number of fused-ring (bicyclic) bond motifs is 1. The number of nitrogens with zero attached hydrogens (tertiary/aromatic N) is 1. The number of amides is 1. The van der Waals surface area contributed by atoms with Crippen molar-refractivity contribution in [1.29, 1.82) is 0 Å². The molecule has 3 nitrogen and oxygen atoms in total. The second kappa shape index (κ2) is 4.59. The summed E-state index contributed by atoms with van der Waals surface area (Å²) in [5, 5.41) is 10.0. The lowest BCUT2D eigenvalue weighted by atomic mass is 9.98. The van der Waals surface area contributed by atoms with E-state index in [1.165, 1.54) is 6.07 Å². The summed E-state index contributed by atoms with van der Waals surface area (Å²) < 4.78 is 0. The van der Waals surface area contributed by atoms with Crippen LogP contribution in [-0.4, -0.2) is 17.6 Å². The quantitative estimate of drug-likeness (QED) is 0.866. The lowest BCUT2D eigenvalue weighted by Crippen LogP contribution is -2.37. The van der Waals surface area contributed by atoms with Crippen LogP contribution in [0.5, 0.6) is 5.75 Å². The van der Waals surface area contributed by atoms with Gasteiger partial charge in [0, 0.05) is 12.1 Å². The van der Waals surface area contributed by atoms with E-state index in [9.17, 15) is 9.90 Å². The molecule has 0 aromatic heterocycles. The Kier molecular flexibility index (Phi) is 2.91. The number of para-hydroxylation sites is 1. The van der Waals surface area contributed by atoms with Gasteiger partial charge in [0.25, 0.3) is 5.91 Å². The standard InChI is InChI=1S/C15H12ClNO2/c16-13-3-1-2-4-14(13)17-8-7-10-9-11(18)5-6-12(10)15(17)19/h1-6,9,18H,7-8H2. The molecule has 3 rings (SSSR count). The first kappa shape index (κ1) is 12.1. The Hall–Kier alpha value is -2.00. The number of phenolic OH excluding ortho intramolecular Hbond substituents is 1. The summed E-state index contributed by atoms with van der Waals surface area (Å²) in [6.07, 6.45) is 0.709. The minimum Gasteiger partial charge on any atom is -0.508 e. The Morgan fingerprint density at radius 1 is 1.16 bits per heavy atom. The highest BCUT2D eigenvalue weighted by atomic mass is 35.5. The van der Waals surface area contributed by atoms with Crippen LogP contribution in [0.2, 0.25) is 5.02 Å². The van der Waals surface area contributed by atoms with Crippen LogP contribution in [-0.2, 0) is 6.42 Å². The summed E-state index contributed by atoms with van der Waals surface area (Å²) in [5.74, 6) is 0.118. The summed E-state index contributed by atoms with van der Waals surface area (Å²) in [5.41, 5.74) is 2.24. The van der Waals surface area contributed by atoms with Crippen molar-refractivity contribution in [1.82, 2.24) is 0 Å². The summed E-state index contributed by atoms with van der Waals surface area (Å²) in [6, 6.07) is 12.2. The molecule has 0 atom stereocenters. The molecule has 0 bridgehead atoms. The van der Waals surface area contributed by atoms with Crippen molar-refractivity contribution in [3.05, 3.63) is 58.6 Å². The van der Waals surface area contributed by atoms with Crippen molar-refractivity contribution in [2.75, 3.05) is 11.4 Å². The van der Waals surface area contributed by atoms with Gasteiger partial charge in [0.15, 0.2) is 0 Å².